The second kappa shape index (κ2) is 5.36. The third kappa shape index (κ3) is 3.89. The highest BCUT2D eigenvalue weighted by Crippen LogP contribution is 2.16. The number of aliphatic hydroxyl groups excluding tert-OH is 1. The van der Waals surface area contributed by atoms with E-state index in [1.807, 2.05) is 0 Å². The third-order valence-electron chi connectivity index (χ3n) is 2.23. The van der Waals surface area contributed by atoms with Crippen molar-refractivity contribution in [3.05, 3.63) is 12.2 Å². The van der Waals surface area contributed by atoms with Crippen LogP contribution >= 0.6 is 0 Å². The van der Waals surface area contributed by atoms with Gasteiger partial charge in [-0.2, -0.15) is 0 Å². The number of hydrogen-bond donors (Lipinski definition) is 1. The van der Waals surface area contributed by atoms with Crippen molar-refractivity contribution in [1.82, 2.24) is 4.90 Å². The Bertz CT molecular complexity index is 335. The summed E-state index contributed by atoms with van der Waals surface area (Å²) in [6.45, 7) is 3.20. The maximum absolute atomic E-state index is 11.7. The van der Waals surface area contributed by atoms with E-state index < -0.39 is 17.6 Å². The minimum atomic E-state index is -1.08. The molecule has 0 saturated heterocycles. The lowest BCUT2D eigenvalue weighted by Crippen LogP contribution is -2.44. The molecule has 2 radical (unpaired) electrons. The molecule has 1 amide bonds. The number of carbonyl (C=O) groups excluding carboxylic acids is 2. The summed E-state index contributed by atoms with van der Waals surface area (Å²) in [5, 5.41) is 8.71. The van der Waals surface area contributed by atoms with Gasteiger partial charge in [0.05, 0.1) is 12.1 Å². The highest BCUT2D eigenvalue weighted by molar-refractivity contribution is 6.14. The number of carbonyl (C=O) groups is 2. The van der Waals surface area contributed by atoms with Crippen LogP contribution in [0.25, 0.3) is 0 Å². The summed E-state index contributed by atoms with van der Waals surface area (Å²) >= 11 is 0. The molecule has 17 heavy (non-hydrogen) atoms. The molecule has 1 atom stereocenters. The number of aliphatic hydroxyl groups is 1. The first-order valence-electron chi connectivity index (χ1n) is 5.44. The standard InChI is InChI=1S/C11H16BNO4/c1-11(2,12)17-10(16)13-6-3-4-8(13)9(15)5-7-14/h3-4,8,14H,5-7H2,1-2H3/t8-/m0/s1. The van der Waals surface area contributed by atoms with Crippen LogP contribution in [0.4, 0.5) is 4.79 Å². The van der Waals surface area contributed by atoms with Gasteiger partial charge < -0.3 is 9.84 Å². The SMILES string of the molecule is [B]C(C)(C)OC(=O)N1CC=C[C@H]1C(=O)CCO. The molecule has 1 aliphatic heterocycles. The van der Waals surface area contributed by atoms with Gasteiger partial charge in [-0.25, -0.2) is 4.79 Å². The summed E-state index contributed by atoms with van der Waals surface area (Å²) in [7, 11) is 5.57. The topological polar surface area (TPSA) is 66.8 Å². The first-order chi connectivity index (χ1) is 7.85. The van der Waals surface area contributed by atoms with Gasteiger partial charge in [0, 0.05) is 13.0 Å². The van der Waals surface area contributed by atoms with Crippen LogP contribution < -0.4 is 0 Å². The first-order valence-corrected chi connectivity index (χ1v) is 5.44. The molecule has 1 rings (SSSR count). The van der Waals surface area contributed by atoms with Crippen LogP contribution in [-0.2, 0) is 9.53 Å². The zero-order valence-corrected chi connectivity index (χ0v) is 10.0. The number of amides is 1. The number of rotatable bonds is 4. The van der Waals surface area contributed by atoms with Crippen molar-refractivity contribution >= 4 is 19.7 Å². The lowest BCUT2D eigenvalue weighted by Gasteiger charge is -2.28. The van der Waals surface area contributed by atoms with Gasteiger partial charge in [0.1, 0.15) is 13.9 Å². The summed E-state index contributed by atoms with van der Waals surface area (Å²) < 4.78 is 4.99. The van der Waals surface area contributed by atoms with Crippen LogP contribution in [0.2, 0.25) is 0 Å². The van der Waals surface area contributed by atoms with Gasteiger partial charge in [-0.15, -0.1) is 0 Å². The fourth-order valence-electron chi connectivity index (χ4n) is 1.53. The van der Waals surface area contributed by atoms with E-state index in [1.165, 1.54) is 4.90 Å². The summed E-state index contributed by atoms with van der Waals surface area (Å²) in [5.41, 5.74) is -1.08. The molecule has 6 heteroatoms. The molecule has 0 fully saturated rings. The number of hydrogen-bond acceptors (Lipinski definition) is 4. The molecule has 0 aromatic carbocycles. The Morgan fingerprint density at radius 2 is 2.24 bits per heavy atom. The normalized spacial score (nSPS) is 19.5. The third-order valence-corrected chi connectivity index (χ3v) is 2.23. The second-order valence-electron chi connectivity index (χ2n) is 4.44. The van der Waals surface area contributed by atoms with Crippen LogP contribution in [0.15, 0.2) is 12.2 Å². The molecule has 0 aromatic rings. The number of Topliss-reactive ketones (excluding diaryl/α,β-unsaturated/α-hetero) is 1. The Hall–Kier alpha value is -1.30. The van der Waals surface area contributed by atoms with Gasteiger partial charge >= 0.3 is 6.09 Å². The van der Waals surface area contributed by atoms with Gasteiger partial charge in [0.15, 0.2) is 5.78 Å². The smallest absolute Gasteiger partial charge is 0.410 e. The molecule has 1 aliphatic rings. The van der Waals surface area contributed by atoms with Crippen molar-refractivity contribution in [2.75, 3.05) is 13.2 Å². The van der Waals surface area contributed by atoms with E-state index >= 15 is 0 Å². The summed E-state index contributed by atoms with van der Waals surface area (Å²) in [6.07, 6.45) is 2.73. The average Bonchev–Trinajstić information content (AvgIpc) is 2.63. The Balaban J connectivity index is 2.65. The van der Waals surface area contributed by atoms with E-state index in [2.05, 4.69) is 0 Å². The van der Waals surface area contributed by atoms with Crippen LogP contribution in [0.1, 0.15) is 20.3 Å². The molecule has 0 spiro atoms. The van der Waals surface area contributed by atoms with Crippen molar-refractivity contribution in [2.24, 2.45) is 0 Å². The Morgan fingerprint density at radius 3 is 2.76 bits per heavy atom. The zero-order chi connectivity index (χ0) is 13.1. The molecule has 5 nitrogen and oxygen atoms in total. The van der Waals surface area contributed by atoms with Crippen molar-refractivity contribution in [2.45, 2.75) is 31.8 Å². The molecular formula is C11H16BNO4. The Morgan fingerprint density at radius 1 is 1.59 bits per heavy atom. The minimum absolute atomic E-state index is 0.0187. The van der Waals surface area contributed by atoms with Crippen LogP contribution in [0.3, 0.4) is 0 Å². The number of ether oxygens (including phenoxy) is 1. The van der Waals surface area contributed by atoms with E-state index in [0.717, 1.165) is 0 Å². The molecule has 0 aliphatic carbocycles. The first kappa shape index (κ1) is 13.8. The van der Waals surface area contributed by atoms with Crippen molar-refractivity contribution in [3.63, 3.8) is 0 Å². The largest absolute Gasteiger partial charge is 0.454 e. The molecule has 1 N–H and O–H groups in total. The van der Waals surface area contributed by atoms with E-state index in [4.69, 9.17) is 17.7 Å². The highest BCUT2D eigenvalue weighted by Gasteiger charge is 2.32. The average molecular weight is 237 g/mol. The quantitative estimate of drug-likeness (QED) is 0.561. The van der Waals surface area contributed by atoms with Crippen molar-refractivity contribution in [1.29, 1.82) is 0 Å². The van der Waals surface area contributed by atoms with Gasteiger partial charge in [0.25, 0.3) is 0 Å². The maximum atomic E-state index is 11.7. The van der Waals surface area contributed by atoms with Gasteiger partial charge in [-0.3, -0.25) is 9.69 Å². The molecule has 0 bridgehead atoms. The zero-order valence-electron chi connectivity index (χ0n) is 10.0. The minimum Gasteiger partial charge on any atom is -0.454 e. The monoisotopic (exact) mass is 237 g/mol. The Labute approximate surface area is 102 Å². The number of ketones is 1. The summed E-state index contributed by atoms with van der Waals surface area (Å²) in [4.78, 5) is 24.7. The van der Waals surface area contributed by atoms with Gasteiger partial charge in [-0.05, 0) is 13.8 Å². The highest BCUT2D eigenvalue weighted by atomic mass is 16.6. The lowest BCUT2D eigenvalue weighted by atomic mass is 9.86. The van der Waals surface area contributed by atoms with Crippen LogP contribution in [0, 0.1) is 0 Å². The fraction of sp³-hybridized carbons (Fsp3) is 0.636. The van der Waals surface area contributed by atoms with Crippen LogP contribution in [-0.4, -0.2) is 54.4 Å². The van der Waals surface area contributed by atoms with Crippen LogP contribution in [0.5, 0.6) is 0 Å². The maximum Gasteiger partial charge on any atom is 0.410 e. The Kier molecular flexibility index (Phi) is 4.34. The van der Waals surface area contributed by atoms with E-state index in [1.54, 1.807) is 26.0 Å². The van der Waals surface area contributed by atoms with Crippen molar-refractivity contribution in [3.8, 4) is 0 Å². The number of nitrogens with zero attached hydrogens (tertiary/aromatic N) is 1. The summed E-state index contributed by atoms with van der Waals surface area (Å²) in [6, 6.07) is -0.656. The molecule has 92 valence electrons. The molecule has 1 heterocycles. The summed E-state index contributed by atoms with van der Waals surface area (Å²) in [5.74, 6) is -0.215. The molecule has 0 unspecified atom stereocenters. The predicted octanol–water partition coefficient (Wildman–Crippen LogP) is 0.219. The predicted molar refractivity (Wildman–Crippen MR) is 62.7 cm³/mol. The van der Waals surface area contributed by atoms with E-state index in [9.17, 15) is 9.59 Å². The van der Waals surface area contributed by atoms with Gasteiger partial charge in [0.2, 0.25) is 0 Å². The molecule has 0 aromatic heterocycles. The van der Waals surface area contributed by atoms with Crippen molar-refractivity contribution < 1.29 is 19.4 Å². The lowest BCUT2D eigenvalue weighted by molar-refractivity contribution is -0.122. The van der Waals surface area contributed by atoms with Gasteiger partial charge in [-0.1, -0.05) is 12.2 Å². The second-order valence-corrected chi connectivity index (χ2v) is 4.44. The fourth-order valence-corrected chi connectivity index (χ4v) is 1.53. The van der Waals surface area contributed by atoms with E-state index in [0.29, 0.717) is 6.54 Å². The van der Waals surface area contributed by atoms with E-state index in [-0.39, 0.29) is 18.8 Å². The molecular weight excluding hydrogens is 221 g/mol. The molecule has 0 saturated carbocycles.